The van der Waals surface area contributed by atoms with E-state index in [2.05, 4.69) is 21.9 Å². The quantitative estimate of drug-likeness (QED) is 0.595. The first-order valence-corrected chi connectivity index (χ1v) is 5.52. The van der Waals surface area contributed by atoms with E-state index in [1.54, 1.807) is 0 Å². The van der Waals surface area contributed by atoms with Crippen LogP contribution in [0.1, 0.15) is 11.6 Å². The molecular weight excluding hydrogens is 232 g/mol. The maximum atomic E-state index is 11.9. The number of methoxy groups -OCH3 is 1. The van der Waals surface area contributed by atoms with Crippen LogP contribution in [0.4, 0.5) is 0 Å². The average Bonchev–Trinajstić information content (AvgIpc) is 2.38. The zero-order chi connectivity index (χ0) is 13.1. The normalized spacial score (nSPS) is 22.9. The molecule has 5 heteroatoms. The summed E-state index contributed by atoms with van der Waals surface area (Å²) in [7, 11) is 1.26. The van der Waals surface area contributed by atoms with Gasteiger partial charge in [0.25, 0.3) is 0 Å². The highest BCUT2D eigenvalue weighted by molar-refractivity contribution is 6.00. The summed E-state index contributed by atoms with van der Waals surface area (Å²) < 4.78 is 4.68. The van der Waals surface area contributed by atoms with Crippen molar-refractivity contribution in [2.75, 3.05) is 7.11 Å². The highest BCUT2D eigenvalue weighted by atomic mass is 16.5. The fourth-order valence-electron chi connectivity index (χ4n) is 1.99. The second-order valence-corrected chi connectivity index (χ2v) is 4.00. The number of hydrogen-bond donors (Lipinski definition) is 2. The van der Waals surface area contributed by atoms with Gasteiger partial charge in [-0.15, -0.1) is 0 Å². The molecular formula is C13H14N2O3. The van der Waals surface area contributed by atoms with E-state index in [1.807, 2.05) is 30.3 Å². The molecule has 0 radical (unpaired) electrons. The summed E-state index contributed by atoms with van der Waals surface area (Å²) in [4.78, 5) is 23.6. The third kappa shape index (κ3) is 2.20. The molecule has 5 nitrogen and oxygen atoms in total. The van der Waals surface area contributed by atoms with Gasteiger partial charge in [0.05, 0.1) is 19.0 Å². The van der Waals surface area contributed by atoms with E-state index in [1.165, 1.54) is 7.11 Å². The van der Waals surface area contributed by atoms with Gasteiger partial charge in [-0.1, -0.05) is 36.9 Å². The molecule has 94 valence electrons. The number of rotatable bonds is 2. The lowest BCUT2D eigenvalue weighted by molar-refractivity contribution is -0.152. The Hall–Kier alpha value is -2.30. The van der Waals surface area contributed by atoms with Crippen molar-refractivity contribution in [3.63, 3.8) is 0 Å². The molecule has 0 aliphatic carbocycles. The maximum Gasteiger partial charge on any atom is 0.320 e. The van der Waals surface area contributed by atoms with Crippen molar-refractivity contribution in [3.05, 3.63) is 48.3 Å². The Morgan fingerprint density at radius 2 is 2.00 bits per heavy atom. The fraction of sp³-hybridized carbons (Fsp3) is 0.231. The lowest BCUT2D eigenvalue weighted by Crippen LogP contribution is -2.51. The molecule has 0 aromatic heterocycles. The molecule has 0 bridgehead atoms. The summed E-state index contributed by atoms with van der Waals surface area (Å²) in [6, 6.07) is 8.80. The highest BCUT2D eigenvalue weighted by Gasteiger charge is 2.40. The molecule has 1 fully saturated rings. The summed E-state index contributed by atoms with van der Waals surface area (Å²) in [6.07, 6.45) is 0. The predicted molar refractivity (Wildman–Crippen MR) is 65.1 cm³/mol. The second-order valence-electron chi connectivity index (χ2n) is 4.00. The average molecular weight is 246 g/mol. The van der Waals surface area contributed by atoms with Crippen LogP contribution in [0.5, 0.6) is 0 Å². The Bertz CT molecular complexity index is 484. The van der Waals surface area contributed by atoms with Gasteiger partial charge in [-0.2, -0.15) is 0 Å². The third-order valence-corrected chi connectivity index (χ3v) is 2.83. The van der Waals surface area contributed by atoms with Gasteiger partial charge in [-0.05, 0) is 5.56 Å². The van der Waals surface area contributed by atoms with Crippen LogP contribution in [0, 0.1) is 5.92 Å². The molecule has 0 saturated carbocycles. The molecule has 2 N–H and O–H groups in total. The molecule has 1 heterocycles. The Morgan fingerprint density at radius 1 is 1.33 bits per heavy atom. The summed E-state index contributed by atoms with van der Waals surface area (Å²) in [6.45, 7) is 3.66. The van der Waals surface area contributed by atoms with Gasteiger partial charge in [-0.3, -0.25) is 9.59 Å². The Labute approximate surface area is 105 Å². The molecule has 1 aromatic carbocycles. The minimum atomic E-state index is -0.914. The van der Waals surface area contributed by atoms with E-state index < -0.39 is 23.8 Å². The minimum absolute atomic E-state index is 0.383. The van der Waals surface area contributed by atoms with Crippen molar-refractivity contribution in [1.82, 2.24) is 10.6 Å². The van der Waals surface area contributed by atoms with Gasteiger partial charge >= 0.3 is 5.97 Å². The van der Waals surface area contributed by atoms with Crippen molar-refractivity contribution in [2.24, 2.45) is 5.92 Å². The number of hydrogen-bond acceptors (Lipinski definition) is 4. The fourth-order valence-corrected chi connectivity index (χ4v) is 1.99. The molecule has 0 spiro atoms. The number of ether oxygens (including phenoxy) is 1. The lowest BCUT2D eigenvalue weighted by atomic mass is 9.90. The molecule has 1 saturated heterocycles. The van der Waals surface area contributed by atoms with E-state index in [4.69, 9.17) is 0 Å². The van der Waals surface area contributed by atoms with Crippen molar-refractivity contribution in [3.8, 4) is 0 Å². The van der Waals surface area contributed by atoms with Crippen LogP contribution in [0.2, 0.25) is 0 Å². The van der Waals surface area contributed by atoms with Crippen LogP contribution in [0.25, 0.3) is 0 Å². The van der Waals surface area contributed by atoms with E-state index in [0.29, 0.717) is 5.82 Å². The SMILES string of the molecule is C=C1NC(=O)C(C(=O)OC)C(c2ccccc2)N1. The summed E-state index contributed by atoms with van der Waals surface area (Å²) in [5, 5.41) is 5.50. The topological polar surface area (TPSA) is 67.4 Å². The first kappa shape index (κ1) is 12.2. The first-order valence-electron chi connectivity index (χ1n) is 5.52. The van der Waals surface area contributed by atoms with Crippen LogP contribution in [0.15, 0.2) is 42.7 Å². The van der Waals surface area contributed by atoms with Crippen LogP contribution in [0.3, 0.4) is 0 Å². The number of carbonyl (C=O) groups is 2. The van der Waals surface area contributed by atoms with E-state index in [-0.39, 0.29) is 0 Å². The number of benzene rings is 1. The van der Waals surface area contributed by atoms with Gasteiger partial charge in [0.2, 0.25) is 5.91 Å². The van der Waals surface area contributed by atoms with Gasteiger partial charge in [-0.25, -0.2) is 0 Å². The highest BCUT2D eigenvalue weighted by Crippen LogP contribution is 2.27. The minimum Gasteiger partial charge on any atom is -0.468 e. The maximum absolute atomic E-state index is 11.9. The number of carbonyl (C=O) groups excluding carboxylic acids is 2. The van der Waals surface area contributed by atoms with Gasteiger partial charge in [0, 0.05) is 0 Å². The summed E-state index contributed by atoms with van der Waals surface area (Å²) in [5.41, 5.74) is 0.837. The van der Waals surface area contributed by atoms with Gasteiger partial charge in [0.1, 0.15) is 0 Å². The molecule has 2 rings (SSSR count). The monoisotopic (exact) mass is 246 g/mol. The van der Waals surface area contributed by atoms with Crippen molar-refractivity contribution < 1.29 is 14.3 Å². The Morgan fingerprint density at radius 3 is 2.61 bits per heavy atom. The van der Waals surface area contributed by atoms with Crippen molar-refractivity contribution in [1.29, 1.82) is 0 Å². The largest absolute Gasteiger partial charge is 0.468 e. The zero-order valence-corrected chi connectivity index (χ0v) is 9.97. The van der Waals surface area contributed by atoms with Crippen molar-refractivity contribution in [2.45, 2.75) is 6.04 Å². The zero-order valence-electron chi connectivity index (χ0n) is 9.97. The standard InChI is InChI=1S/C13H14N2O3/c1-8-14-11(9-6-4-3-5-7-9)10(12(16)15-8)13(17)18-2/h3-7,10-11,14H,1H2,2H3,(H,15,16). The molecule has 1 amide bonds. The van der Waals surface area contributed by atoms with Crippen molar-refractivity contribution >= 4 is 11.9 Å². The Balaban J connectivity index is 2.36. The molecule has 18 heavy (non-hydrogen) atoms. The van der Waals surface area contributed by atoms with E-state index in [9.17, 15) is 9.59 Å². The lowest BCUT2D eigenvalue weighted by Gasteiger charge is -2.32. The second kappa shape index (κ2) is 4.91. The summed E-state index contributed by atoms with van der Waals surface area (Å²) in [5.74, 6) is -1.50. The smallest absolute Gasteiger partial charge is 0.320 e. The van der Waals surface area contributed by atoms with E-state index in [0.717, 1.165) is 5.56 Å². The van der Waals surface area contributed by atoms with Crippen LogP contribution >= 0.6 is 0 Å². The molecule has 1 aliphatic heterocycles. The predicted octanol–water partition coefficient (Wildman–Crippen LogP) is 0.707. The number of esters is 1. The molecule has 1 aliphatic rings. The number of amides is 1. The Kier molecular flexibility index (Phi) is 3.32. The van der Waals surface area contributed by atoms with Crippen LogP contribution < -0.4 is 10.6 Å². The van der Waals surface area contributed by atoms with Crippen LogP contribution in [-0.4, -0.2) is 19.0 Å². The molecule has 2 unspecified atom stereocenters. The molecule has 2 atom stereocenters. The molecule has 1 aromatic rings. The van der Waals surface area contributed by atoms with Gasteiger partial charge in [0.15, 0.2) is 5.92 Å². The third-order valence-electron chi connectivity index (χ3n) is 2.83. The van der Waals surface area contributed by atoms with Crippen LogP contribution in [-0.2, 0) is 14.3 Å². The summed E-state index contributed by atoms with van der Waals surface area (Å²) >= 11 is 0. The van der Waals surface area contributed by atoms with E-state index >= 15 is 0 Å². The first-order chi connectivity index (χ1) is 8.63. The number of nitrogens with one attached hydrogen (secondary N) is 2. The van der Waals surface area contributed by atoms with Gasteiger partial charge < -0.3 is 15.4 Å².